The Morgan fingerprint density at radius 2 is 1.91 bits per heavy atom. The van der Waals surface area contributed by atoms with E-state index < -0.39 is 0 Å². The van der Waals surface area contributed by atoms with Crippen LogP contribution >= 0.6 is 0 Å². The summed E-state index contributed by atoms with van der Waals surface area (Å²) in [5.74, 6) is 0.608. The van der Waals surface area contributed by atoms with Crippen LogP contribution in [-0.4, -0.2) is 12.9 Å². The molecule has 0 aromatic heterocycles. The van der Waals surface area contributed by atoms with E-state index in [0.29, 0.717) is 11.3 Å². The lowest BCUT2D eigenvalue weighted by molar-refractivity contribution is 0.625. The highest BCUT2D eigenvalue weighted by Gasteiger charge is 2.10. The Bertz CT molecular complexity index is 662. The predicted molar refractivity (Wildman–Crippen MR) is 93.3 cm³/mol. The molecular formula is C19H21FN2. The van der Waals surface area contributed by atoms with Crippen LogP contribution in [0.5, 0.6) is 0 Å². The van der Waals surface area contributed by atoms with E-state index in [4.69, 9.17) is 0 Å². The molecule has 0 spiro atoms. The third-order valence-corrected chi connectivity index (χ3v) is 3.49. The lowest BCUT2D eigenvalue weighted by Crippen LogP contribution is -2.25. The van der Waals surface area contributed by atoms with Crippen molar-refractivity contribution in [1.29, 1.82) is 0 Å². The highest BCUT2D eigenvalue weighted by molar-refractivity contribution is 5.99. The lowest BCUT2D eigenvalue weighted by Gasteiger charge is -2.21. The first-order chi connectivity index (χ1) is 10.7. The maximum atomic E-state index is 13.9. The number of halogens is 1. The van der Waals surface area contributed by atoms with Gasteiger partial charge in [-0.3, -0.25) is 0 Å². The number of anilines is 1. The summed E-state index contributed by atoms with van der Waals surface area (Å²) in [6, 6.07) is 14.9. The Labute approximate surface area is 131 Å². The molecule has 3 heteroatoms. The van der Waals surface area contributed by atoms with E-state index in [0.717, 1.165) is 24.4 Å². The van der Waals surface area contributed by atoms with Gasteiger partial charge in [0, 0.05) is 24.7 Å². The monoisotopic (exact) mass is 296 g/mol. The van der Waals surface area contributed by atoms with Crippen LogP contribution in [0.25, 0.3) is 6.08 Å². The lowest BCUT2D eigenvalue weighted by atomic mass is 10.1. The minimum absolute atomic E-state index is 0.297. The highest BCUT2D eigenvalue weighted by Crippen LogP contribution is 2.25. The van der Waals surface area contributed by atoms with E-state index in [1.165, 1.54) is 12.1 Å². The van der Waals surface area contributed by atoms with E-state index in [9.17, 15) is 4.39 Å². The summed E-state index contributed by atoms with van der Waals surface area (Å²) in [7, 11) is 1.98. The Hall–Kier alpha value is -2.42. The summed E-state index contributed by atoms with van der Waals surface area (Å²) in [4.78, 5) is 6.73. The molecule has 0 heterocycles. The Morgan fingerprint density at radius 1 is 1.18 bits per heavy atom. The largest absolute Gasteiger partial charge is 0.333 e. The smallest absolute Gasteiger partial charge is 0.132 e. The van der Waals surface area contributed by atoms with Gasteiger partial charge in [0.05, 0.1) is 5.69 Å². The summed E-state index contributed by atoms with van der Waals surface area (Å²) < 4.78 is 13.9. The molecule has 0 atom stereocenters. The van der Waals surface area contributed by atoms with Crippen LogP contribution in [0, 0.1) is 5.82 Å². The van der Waals surface area contributed by atoms with Crippen LogP contribution in [0.2, 0.25) is 0 Å². The van der Waals surface area contributed by atoms with Gasteiger partial charge in [0.1, 0.15) is 11.7 Å². The van der Waals surface area contributed by atoms with Gasteiger partial charge in [0.25, 0.3) is 0 Å². The number of aliphatic imine (C=N–C) groups is 1. The quantitative estimate of drug-likeness (QED) is 0.530. The van der Waals surface area contributed by atoms with E-state index >= 15 is 0 Å². The molecule has 22 heavy (non-hydrogen) atoms. The molecule has 0 unspecified atom stereocenters. The molecule has 0 radical (unpaired) electrons. The van der Waals surface area contributed by atoms with Crippen LogP contribution in [-0.2, 0) is 0 Å². The van der Waals surface area contributed by atoms with Crippen LogP contribution in [0.15, 0.2) is 60.1 Å². The van der Waals surface area contributed by atoms with Crippen LogP contribution in [0.4, 0.5) is 15.8 Å². The van der Waals surface area contributed by atoms with Gasteiger partial charge in [0.2, 0.25) is 0 Å². The van der Waals surface area contributed by atoms with Crippen molar-refractivity contribution in [2.24, 2.45) is 4.99 Å². The highest BCUT2D eigenvalue weighted by atomic mass is 19.1. The molecule has 0 amide bonds. The molecule has 2 aromatic rings. The molecule has 2 rings (SSSR count). The van der Waals surface area contributed by atoms with Gasteiger partial charge < -0.3 is 4.90 Å². The van der Waals surface area contributed by atoms with Crippen molar-refractivity contribution in [1.82, 2.24) is 0 Å². The normalized spacial score (nSPS) is 11.3. The fourth-order valence-corrected chi connectivity index (χ4v) is 2.29. The van der Waals surface area contributed by atoms with Gasteiger partial charge in [-0.15, -0.1) is 0 Å². The summed E-state index contributed by atoms with van der Waals surface area (Å²) in [5.41, 5.74) is 2.12. The first-order valence-corrected chi connectivity index (χ1v) is 7.44. The topological polar surface area (TPSA) is 15.6 Å². The number of para-hydroxylation sites is 1. The van der Waals surface area contributed by atoms with Gasteiger partial charge in [-0.25, -0.2) is 9.38 Å². The van der Waals surface area contributed by atoms with E-state index in [1.807, 2.05) is 48.3 Å². The molecule has 0 saturated carbocycles. The van der Waals surface area contributed by atoms with Crippen molar-refractivity contribution in [3.8, 4) is 0 Å². The third-order valence-electron chi connectivity index (χ3n) is 3.49. The number of amidine groups is 1. The molecule has 114 valence electrons. The number of hydrogen-bond donors (Lipinski definition) is 0. The van der Waals surface area contributed by atoms with E-state index in [2.05, 4.69) is 18.5 Å². The summed E-state index contributed by atoms with van der Waals surface area (Å²) >= 11 is 0. The average Bonchev–Trinajstić information content (AvgIpc) is 2.55. The van der Waals surface area contributed by atoms with Gasteiger partial charge in [0.15, 0.2) is 0 Å². The minimum Gasteiger partial charge on any atom is -0.333 e. The second-order valence-corrected chi connectivity index (χ2v) is 5.05. The Morgan fingerprint density at radius 3 is 2.55 bits per heavy atom. The van der Waals surface area contributed by atoms with Crippen LogP contribution in [0.1, 0.15) is 25.3 Å². The number of hydrogen-bond acceptors (Lipinski definition) is 1. The second kappa shape index (κ2) is 7.55. The van der Waals surface area contributed by atoms with Crippen LogP contribution < -0.4 is 4.90 Å². The standard InChI is InChI=1S/C19H21FN2/c1-4-10-19(22(3)15-11-7-6-8-12-15)21-18-14-9-13-17(20)16(18)5-2/h5-9,11-14H,2,4,10H2,1,3H3. The summed E-state index contributed by atoms with van der Waals surface area (Å²) in [5, 5.41) is 0. The first kappa shape index (κ1) is 16.0. The zero-order valence-corrected chi connectivity index (χ0v) is 13.1. The fraction of sp³-hybridized carbons (Fsp3) is 0.211. The molecule has 0 bridgehead atoms. The molecule has 0 aliphatic rings. The third kappa shape index (κ3) is 3.61. The second-order valence-electron chi connectivity index (χ2n) is 5.05. The van der Waals surface area contributed by atoms with Gasteiger partial charge >= 0.3 is 0 Å². The first-order valence-electron chi connectivity index (χ1n) is 7.44. The minimum atomic E-state index is -0.297. The molecule has 0 N–H and O–H groups in total. The van der Waals surface area contributed by atoms with Crippen molar-refractivity contribution in [3.05, 3.63) is 66.5 Å². The summed E-state index contributed by atoms with van der Waals surface area (Å²) in [6.07, 6.45) is 3.30. The Balaban J connectivity index is 2.44. The maximum absolute atomic E-state index is 13.9. The number of benzene rings is 2. The van der Waals surface area contributed by atoms with Gasteiger partial charge in [-0.1, -0.05) is 43.8 Å². The van der Waals surface area contributed by atoms with E-state index in [1.54, 1.807) is 6.07 Å². The fourth-order valence-electron chi connectivity index (χ4n) is 2.29. The maximum Gasteiger partial charge on any atom is 0.132 e. The average molecular weight is 296 g/mol. The van der Waals surface area contributed by atoms with Crippen molar-refractivity contribution < 1.29 is 4.39 Å². The van der Waals surface area contributed by atoms with Crippen LogP contribution in [0.3, 0.4) is 0 Å². The number of nitrogens with zero attached hydrogens (tertiary/aromatic N) is 2. The Kier molecular flexibility index (Phi) is 5.48. The molecule has 2 aromatic carbocycles. The molecular weight excluding hydrogens is 275 g/mol. The van der Waals surface area contributed by atoms with Crippen molar-refractivity contribution in [2.45, 2.75) is 19.8 Å². The molecule has 0 aliphatic carbocycles. The summed E-state index contributed by atoms with van der Waals surface area (Å²) in [6.45, 7) is 5.79. The van der Waals surface area contributed by atoms with Crippen molar-refractivity contribution in [2.75, 3.05) is 11.9 Å². The number of rotatable bonds is 5. The predicted octanol–water partition coefficient (Wildman–Crippen LogP) is 5.44. The zero-order valence-electron chi connectivity index (χ0n) is 13.1. The van der Waals surface area contributed by atoms with Crippen molar-refractivity contribution >= 4 is 23.3 Å². The molecule has 0 saturated heterocycles. The van der Waals surface area contributed by atoms with Gasteiger partial charge in [-0.05, 0) is 30.7 Å². The van der Waals surface area contributed by atoms with E-state index in [-0.39, 0.29) is 5.82 Å². The van der Waals surface area contributed by atoms with Crippen molar-refractivity contribution in [3.63, 3.8) is 0 Å². The van der Waals surface area contributed by atoms with Gasteiger partial charge in [-0.2, -0.15) is 0 Å². The molecule has 0 aliphatic heterocycles. The zero-order chi connectivity index (χ0) is 15.9. The SMILES string of the molecule is C=Cc1c(F)cccc1N=C(CCC)N(C)c1ccccc1. The molecule has 0 fully saturated rings. The molecule has 2 nitrogen and oxygen atoms in total.